The molecule has 0 atom stereocenters. The monoisotopic (exact) mass is 599 g/mol. The van der Waals surface area contributed by atoms with E-state index in [1.807, 2.05) is 42.5 Å². The Bertz CT molecular complexity index is 1730. The number of nitrogens with zero attached hydrogens (tertiary/aromatic N) is 2. The maximum absolute atomic E-state index is 12.0. The molecule has 0 bridgehead atoms. The molecule has 0 spiro atoms. The summed E-state index contributed by atoms with van der Waals surface area (Å²) in [5.41, 5.74) is 1.25. The van der Waals surface area contributed by atoms with Crippen LogP contribution < -0.4 is 18.7 Å². The SMILES string of the molecule is COc1ccc2c(c1)N(CS(=O)(=O)O)C(=Cc1sc3ccc4ccccc4c3[n+]1CS(=O)(=O)O)[Se]2. The van der Waals surface area contributed by atoms with E-state index in [-0.39, 0.29) is 15.0 Å². The molecule has 35 heavy (non-hydrogen) atoms. The summed E-state index contributed by atoms with van der Waals surface area (Å²) in [6.07, 6.45) is 1.72. The van der Waals surface area contributed by atoms with Crippen LogP contribution >= 0.6 is 11.3 Å². The Morgan fingerprint density at radius 3 is 2.54 bits per heavy atom. The van der Waals surface area contributed by atoms with Crippen molar-refractivity contribution in [1.29, 1.82) is 0 Å². The van der Waals surface area contributed by atoms with Crippen LogP contribution in [0.1, 0.15) is 5.01 Å². The molecule has 182 valence electrons. The topological polar surface area (TPSA) is 125 Å². The number of methoxy groups -OCH3 is 1. The molecule has 3 aromatic carbocycles. The van der Waals surface area contributed by atoms with E-state index in [9.17, 15) is 25.9 Å². The Balaban J connectivity index is 1.73. The average molecular weight is 599 g/mol. The van der Waals surface area contributed by atoms with Crippen LogP contribution in [0.2, 0.25) is 0 Å². The van der Waals surface area contributed by atoms with Crippen LogP contribution in [0.4, 0.5) is 5.69 Å². The molecule has 0 radical (unpaired) electrons. The van der Waals surface area contributed by atoms with Crippen LogP contribution in [0.3, 0.4) is 0 Å². The van der Waals surface area contributed by atoms with Crippen LogP contribution in [0, 0.1) is 0 Å². The first-order valence-electron chi connectivity index (χ1n) is 10.1. The average Bonchev–Trinajstić information content (AvgIpc) is 3.29. The first kappa shape index (κ1) is 24.2. The molecular formula is C22H19N2O7S3Se+. The molecule has 0 fully saturated rings. The third kappa shape index (κ3) is 4.94. The molecule has 0 aliphatic carbocycles. The van der Waals surface area contributed by atoms with Crippen LogP contribution in [0.15, 0.2) is 59.2 Å². The van der Waals surface area contributed by atoms with Crippen molar-refractivity contribution in [2.24, 2.45) is 0 Å². The summed E-state index contributed by atoms with van der Waals surface area (Å²) >= 11 is 0.998. The van der Waals surface area contributed by atoms with Crippen molar-refractivity contribution in [2.75, 3.05) is 17.9 Å². The maximum atomic E-state index is 12.0. The predicted molar refractivity (Wildman–Crippen MR) is 136 cm³/mol. The minimum atomic E-state index is -4.39. The third-order valence-corrected chi connectivity index (χ3v) is 9.98. The van der Waals surface area contributed by atoms with E-state index in [0.717, 1.165) is 19.9 Å². The zero-order chi connectivity index (χ0) is 25.0. The molecule has 4 aromatic rings. The van der Waals surface area contributed by atoms with E-state index in [4.69, 9.17) is 4.74 Å². The van der Waals surface area contributed by atoms with Gasteiger partial charge in [-0.1, -0.05) is 0 Å². The second kappa shape index (κ2) is 8.86. The first-order chi connectivity index (χ1) is 16.5. The molecule has 13 heteroatoms. The van der Waals surface area contributed by atoms with Gasteiger partial charge in [0.15, 0.2) is 0 Å². The number of rotatable bonds is 6. The van der Waals surface area contributed by atoms with Gasteiger partial charge < -0.3 is 0 Å². The molecule has 1 aromatic heterocycles. The van der Waals surface area contributed by atoms with E-state index >= 15 is 0 Å². The van der Waals surface area contributed by atoms with Crippen LogP contribution in [0.5, 0.6) is 5.75 Å². The van der Waals surface area contributed by atoms with Gasteiger partial charge in [-0.15, -0.1) is 0 Å². The van der Waals surface area contributed by atoms with Crippen LogP contribution in [0.25, 0.3) is 27.1 Å². The summed E-state index contributed by atoms with van der Waals surface area (Å²) in [6.45, 7) is 0. The van der Waals surface area contributed by atoms with Gasteiger partial charge in [0.1, 0.15) is 0 Å². The van der Waals surface area contributed by atoms with Crippen LogP contribution in [-0.4, -0.2) is 53.9 Å². The number of benzene rings is 3. The summed E-state index contributed by atoms with van der Waals surface area (Å²) in [6, 6.07) is 16.7. The van der Waals surface area contributed by atoms with Gasteiger partial charge in [-0.2, -0.15) is 0 Å². The Morgan fingerprint density at radius 2 is 1.83 bits per heavy atom. The third-order valence-electron chi connectivity index (χ3n) is 5.38. The van der Waals surface area contributed by atoms with Crippen molar-refractivity contribution in [3.63, 3.8) is 0 Å². The van der Waals surface area contributed by atoms with Gasteiger partial charge in [0.2, 0.25) is 0 Å². The van der Waals surface area contributed by atoms with E-state index < -0.39 is 32.0 Å². The number of fused-ring (bicyclic) bond motifs is 4. The molecule has 0 saturated carbocycles. The fraction of sp³-hybridized carbons (Fsp3) is 0.136. The Morgan fingerprint density at radius 1 is 1.06 bits per heavy atom. The van der Waals surface area contributed by atoms with E-state index in [1.54, 1.807) is 18.2 Å². The quantitative estimate of drug-likeness (QED) is 0.197. The van der Waals surface area contributed by atoms with Gasteiger partial charge in [-0.3, -0.25) is 0 Å². The van der Waals surface area contributed by atoms with Gasteiger partial charge in [-0.05, 0) is 0 Å². The molecule has 0 saturated heterocycles. The number of thiazole rings is 1. The normalized spacial score (nSPS) is 15.3. The van der Waals surface area contributed by atoms with Crippen molar-refractivity contribution < 1.29 is 35.2 Å². The number of hydrogen-bond donors (Lipinski definition) is 2. The number of anilines is 1. The van der Waals surface area contributed by atoms with Crippen molar-refractivity contribution in [3.05, 3.63) is 64.2 Å². The predicted octanol–water partition coefficient (Wildman–Crippen LogP) is 2.19. The van der Waals surface area contributed by atoms with Crippen molar-refractivity contribution >= 4 is 83.7 Å². The van der Waals surface area contributed by atoms with Crippen molar-refractivity contribution in [3.8, 4) is 5.75 Å². The summed E-state index contributed by atoms with van der Waals surface area (Å²) < 4.78 is 76.0. The molecule has 0 unspecified atom stereocenters. The Labute approximate surface area is 211 Å². The fourth-order valence-corrected chi connectivity index (χ4v) is 9.00. The summed E-state index contributed by atoms with van der Waals surface area (Å²) in [4.78, 5) is 1.49. The molecule has 5 rings (SSSR count). The molecule has 9 nitrogen and oxygen atoms in total. The summed E-state index contributed by atoms with van der Waals surface area (Å²) in [5, 5.41) is 2.26. The molecule has 2 N–H and O–H groups in total. The van der Waals surface area contributed by atoms with Crippen LogP contribution in [-0.2, 0) is 26.1 Å². The first-order valence-corrected chi connectivity index (χ1v) is 15.9. The van der Waals surface area contributed by atoms with Gasteiger partial charge in [0, 0.05) is 0 Å². The van der Waals surface area contributed by atoms with Gasteiger partial charge in [0.05, 0.1) is 0 Å². The second-order valence-electron chi connectivity index (χ2n) is 7.77. The Kier molecular flexibility index (Phi) is 6.12. The van der Waals surface area contributed by atoms with E-state index in [0.29, 0.717) is 26.6 Å². The van der Waals surface area contributed by atoms with E-state index in [1.165, 1.54) is 27.9 Å². The summed E-state index contributed by atoms with van der Waals surface area (Å²) in [7, 11) is -7.26. The molecule has 1 aliphatic rings. The van der Waals surface area contributed by atoms with Gasteiger partial charge in [0.25, 0.3) is 0 Å². The zero-order valence-electron chi connectivity index (χ0n) is 18.2. The molecule has 0 amide bonds. The second-order valence-corrected chi connectivity index (χ2v) is 13.9. The van der Waals surface area contributed by atoms with E-state index in [2.05, 4.69) is 0 Å². The molecular weight excluding hydrogens is 579 g/mol. The standard InChI is InChI=1S/C22H18N2O7S3Se/c1-31-15-7-9-19-17(10-15)23(12-33(25,26)27)21(35-19)11-20-24(13-34(28,29)30)22-16-5-3-2-4-14(16)6-8-18(22)32-20/h2-11H,12-13H2,1H3,(H-,25,26,27,28,29,30)/p+1. The number of hydrogen-bond acceptors (Lipinski definition) is 7. The van der Waals surface area contributed by atoms with Gasteiger partial charge in [-0.25, -0.2) is 0 Å². The number of ether oxygens (including phenoxy) is 1. The summed E-state index contributed by atoms with van der Waals surface area (Å²) in [5.74, 6) is -0.782. The minimum absolute atomic E-state index is 0.333. The van der Waals surface area contributed by atoms with Crippen molar-refractivity contribution in [1.82, 2.24) is 0 Å². The fourth-order valence-electron chi connectivity index (χ4n) is 3.99. The Hall–Kier alpha value is -2.51. The zero-order valence-corrected chi connectivity index (χ0v) is 22.3. The molecule has 1 aliphatic heterocycles. The number of aromatic nitrogens is 1. The van der Waals surface area contributed by atoms with Gasteiger partial charge >= 0.3 is 213 Å². The molecule has 2 heterocycles. The van der Waals surface area contributed by atoms with Crippen molar-refractivity contribution in [2.45, 2.75) is 5.88 Å².